The van der Waals surface area contributed by atoms with E-state index < -0.39 is 0 Å². The van der Waals surface area contributed by atoms with E-state index in [1.807, 2.05) is 60.7 Å². The summed E-state index contributed by atoms with van der Waals surface area (Å²) >= 11 is 3.41. The molecule has 0 aliphatic rings. The van der Waals surface area contributed by atoms with Gasteiger partial charge in [-0.3, -0.25) is 0 Å². The van der Waals surface area contributed by atoms with Crippen LogP contribution in [-0.4, -0.2) is 15.2 Å². The van der Waals surface area contributed by atoms with E-state index in [0.29, 0.717) is 17.5 Å². The van der Waals surface area contributed by atoms with Crippen molar-refractivity contribution in [1.29, 1.82) is 0 Å². The first kappa shape index (κ1) is 13.2. The van der Waals surface area contributed by atoms with Crippen molar-refractivity contribution in [2.45, 2.75) is 0 Å². The number of halogens is 1. The fraction of sp³-hybridized carbons (Fsp3) is 0. The lowest BCUT2D eigenvalue weighted by Crippen LogP contribution is -1.84. The number of aromatic nitrogens is 3. The first-order valence-corrected chi connectivity index (χ1v) is 7.54. The van der Waals surface area contributed by atoms with Gasteiger partial charge < -0.3 is 4.42 Å². The maximum atomic E-state index is 5.74. The van der Waals surface area contributed by atoms with Crippen molar-refractivity contribution in [1.82, 2.24) is 15.2 Å². The topological polar surface area (TPSA) is 51.8 Å². The highest BCUT2D eigenvalue weighted by Crippen LogP contribution is 2.25. The standard InChI is InChI=1S/C17H10BrN3O/c18-13-8-5-12(6-9-13)16-20-21-17(22-16)15-10-7-11-3-1-2-4-14(11)19-15/h1-10H. The Morgan fingerprint density at radius 2 is 1.55 bits per heavy atom. The minimum atomic E-state index is 0.420. The molecule has 0 atom stereocenters. The number of pyridine rings is 1. The molecule has 0 spiro atoms. The van der Waals surface area contributed by atoms with Crippen molar-refractivity contribution >= 4 is 26.8 Å². The summed E-state index contributed by atoms with van der Waals surface area (Å²) in [4.78, 5) is 4.56. The van der Waals surface area contributed by atoms with Gasteiger partial charge >= 0.3 is 0 Å². The molecule has 0 aliphatic carbocycles. The van der Waals surface area contributed by atoms with Crippen LogP contribution in [0.25, 0.3) is 33.9 Å². The maximum Gasteiger partial charge on any atom is 0.266 e. The molecule has 0 unspecified atom stereocenters. The molecule has 4 aromatic rings. The van der Waals surface area contributed by atoms with Gasteiger partial charge in [0.15, 0.2) is 0 Å². The van der Waals surface area contributed by atoms with Crippen molar-refractivity contribution < 1.29 is 4.42 Å². The predicted octanol–water partition coefficient (Wildman–Crippen LogP) is 4.71. The predicted molar refractivity (Wildman–Crippen MR) is 88.2 cm³/mol. The maximum absolute atomic E-state index is 5.74. The van der Waals surface area contributed by atoms with Gasteiger partial charge in [0.05, 0.1) is 5.52 Å². The molecule has 22 heavy (non-hydrogen) atoms. The van der Waals surface area contributed by atoms with Gasteiger partial charge in [0, 0.05) is 15.4 Å². The summed E-state index contributed by atoms with van der Waals surface area (Å²) in [5.41, 5.74) is 2.46. The van der Waals surface area contributed by atoms with Crippen LogP contribution in [0.1, 0.15) is 0 Å². The molecule has 0 radical (unpaired) electrons. The lowest BCUT2D eigenvalue weighted by atomic mass is 10.2. The van der Waals surface area contributed by atoms with Crippen molar-refractivity contribution in [3.05, 3.63) is 65.1 Å². The summed E-state index contributed by atoms with van der Waals surface area (Å²) in [5.74, 6) is 0.904. The van der Waals surface area contributed by atoms with E-state index in [4.69, 9.17) is 4.42 Å². The molecule has 0 amide bonds. The van der Waals surface area contributed by atoms with Crippen LogP contribution in [0.4, 0.5) is 0 Å². The monoisotopic (exact) mass is 351 g/mol. The molecule has 0 N–H and O–H groups in total. The van der Waals surface area contributed by atoms with E-state index in [9.17, 15) is 0 Å². The summed E-state index contributed by atoms with van der Waals surface area (Å²) in [7, 11) is 0. The Hall–Kier alpha value is -2.53. The number of fused-ring (bicyclic) bond motifs is 1. The number of benzene rings is 2. The number of hydrogen-bond acceptors (Lipinski definition) is 4. The van der Waals surface area contributed by atoms with Crippen LogP contribution < -0.4 is 0 Å². The summed E-state index contributed by atoms with van der Waals surface area (Å²) < 4.78 is 6.75. The molecule has 106 valence electrons. The Bertz CT molecular complexity index is 947. The Balaban J connectivity index is 1.74. The van der Waals surface area contributed by atoms with Crippen LogP contribution in [0.2, 0.25) is 0 Å². The number of nitrogens with zero attached hydrogens (tertiary/aromatic N) is 3. The average Bonchev–Trinajstić information content (AvgIpc) is 3.05. The molecule has 0 saturated carbocycles. The van der Waals surface area contributed by atoms with Crippen LogP contribution in [0.3, 0.4) is 0 Å². The normalized spacial score (nSPS) is 11.0. The largest absolute Gasteiger partial charge is 0.415 e. The summed E-state index contributed by atoms with van der Waals surface area (Å²) in [6, 6.07) is 19.5. The van der Waals surface area contributed by atoms with E-state index in [0.717, 1.165) is 20.9 Å². The zero-order chi connectivity index (χ0) is 14.9. The van der Waals surface area contributed by atoms with E-state index in [-0.39, 0.29) is 0 Å². The second-order valence-electron chi connectivity index (χ2n) is 4.81. The Morgan fingerprint density at radius 3 is 2.41 bits per heavy atom. The molecule has 4 nitrogen and oxygen atoms in total. The van der Waals surface area contributed by atoms with Gasteiger partial charge in [-0.1, -0.05) is 40.2 Å². The molecule has 0 aliphatic heterocycles. The van der Waals surface area contributed by atoms with Crippen LogP contribution in [0.5, 0.6) is 0 Å². The minimum absolute atomic E-state index is 0.420. The van der Waals surface area contributed by atoms with E-state index >= 15 is 0 Å². The smallest absolute Gasteiger partial charge is 0.266 e. The lowest BCUT2D eigenvalue weighted by molar-refractivity contribution is 0.582. The molecular formula is C17H10BrN3O. The summed E-state index contributed by atoms with van der Waals surface area (Å²) in [6.07, 6.45) is 0. The van der Waals surface area contributed by atoms with Crippen LogP contribution in [0.15, 0.2) is 69.6 Å². The Morgan fingerprint density at radius 1 is 0.773 bits per heavy atom. The van der Waals surface area contributed by atoms with E-state index in [2.05, 4.69) is 31.1 Å². The van der Waals surface area contributed by atoms with E-state index in [1.54, 1.807) is 0 Å². The zero-order valence-corrected chi connectivity index (χ0v) is 13.0. The highest BCUT2D eigenvalue weighted by molar-refractivity contribution is 9.10. The molecule has 5 heteroatoms. The van der Waals surface area contributed by atoms with Gasteiger partial charge in [-0.05, 0) is 36.4 Å². The summed E-state index contributed by atoms with van der Waals surface area (Å²) in [5, 5.41) is 9.28. The van der Waals surface area contributed by atoms with Gasteiger partial charge in [0.25, 0.3) is 5.89 Å². The first-order valence-electron chi connectivity index (χ1n) is 6.75. The number of para-hydroxylation sites is 1. The number of hydrogen-bond donors (Lipinski definition) is 0. The quantitative estimate of drug-likeness (QED) is 0.524. The second kappa shape index (κ2) is 5.35. The molecule has 2 aromatic carbocycles. The van der Waals surface area contributed by atoms with Crippen LogP contribution >= 0.6 is 15.9 Å². The Kier molecular flexibility index (Phi) is 3.20. The first-order chi connectivity index (χ1) is 10.8. The second-order valence-corrected chi connectivity index (χ2v) is 5.72. The number of rotatable bonds is 2. The van der Waals surface area contributed by atoms with Gasteiger partial charge in [0.1, 0.15) is 5.69 Å². The van der Waals surface area contributed by atoms with Crippen molar-refractivity contribution in [3.8, 4) is 23.0 Å². The average molecular weight is 352 g/mol. The molecule has 4 rings (SSSR count). The fourth-order valence-corrected chi connectivity index (χ4v) is 2.49. The van der Waals surface area contributed by atoms with Crippen molar-refractivity contribution in [3.63, 3.8) is 0 Å². The Labute approximate surface area is 135 Å². The van der Waals surface area contributed by atoms with Crippen molar-refractivity contribution in [2.24, 2.45) is 0 Å². The fourth-order valence-electron chi connectivity index (χ4n) is 2.22. The molecule has 0 bridgehead atoms. The molecule has 2 aromatic heterocycles. The molecular weight excluding hydrogens is 342 g/mol. The van der Waals surface area contributed by atoms with E-state index in [1.165, 1.54) is 0 Å². The SMILES string of the molecule is Brc1ccc(-c2nnc(-c3ccc4ccccc4n3)o2)cc1. The third kappa shape index (κ3) is 2.40. The lowest BCUT2D eigenvalue weighted by Gasteiger charge is -1.98. The van der Waals surface area contributed by atoms with Gasteiger partial charge in [0.2, 0.25) is 5.89 Å². The van der Waals surface area contributed by atoms with Gasteiger partial charge in [-0.2, -0.15) is 0 Å². The third-order valence-electron chi connectivity index (χ3n) is 3.33. The zero-order valence-electron chi connectivity index (χ0n) is 11.4. The summed E-state index contributed by atoms with van der Waals surface area (Å²) in [6.45, 7) is 0. The molecule has 0 saturated heterocycles. The van der Waals surface area contributed by atoms with Gasteiger partial charge in [-0.15, -0.1) is 10.2 Å². The van der Waals surface area contributed by atoms with Crippen molar-refractivity contribution in [2.75, 3.05) is 0 Å². The van der Waals surface area contributed by atoms with Gasteiger partial charge in [-0.25, -0.2) is 4.98 Å². The highest BCUT2D eigenvalue weighted by Gasteiger charge is 2.11. The highest BCUT2D eigenvalue weighted by atomic mass is 79.9. The molecule has 0 fully saturated rings. The van der Waals surface area contributed by atoms with Crippen LogP contribution in [0, 0.1) is 0 Å². The van der Waals surface area contributed by atoms with Crippen LogP contribution in [-0.2, 0) is 0 Å². The molecule has 2 heterocycles. The minimum Gasteiger partial charge on any atom is -0.415 e. The third-order valence-corrected chi connectivity index (χ3v) is 3.86.